The van der Waals surface area contributed by atoms with Crippen LogP contribution in [-0.4, -0.2) is 27.4 Å². The van der Waals surface area contributed by atoms with Crippen LogP contribution in [0.2, 0.25) is 0 Å². The van der Waals surface area contributed by atoms with Crippen LogP contribution in [0.4, 0.5) is 0 Å². The van der Waals surface area contributed by atoms with Crippen molar-refractivity contribution in [3.8, 4) is 0 Å². The fourth-order valence-corrected chi connectivity index (χ4v) is 2.53. The van der Waals surface area contributed by atoms with Crippen molar-refractivity contribution in [1.82, 2.24) is 20.3 Å². The average Bonchev–Trinajstić information content (AvgIpc) is 2.82. The number of nitrogens with one attached hydrogen (secondary N) is 2. The Morgan fingerprint density at radius 1 is 1.50 bits per heavy atom. The second-order valence-corrected chi connectivity index (χ2v) is 5.54. The van der Waals surface area contributed by atoms with Crippen molar-refractivity contribution >= 4 is 17.2 Å². The van der Waals surface area contributed by atoms with E-state index in [4.69, 9.17) is 0 Å². The molecule has 0 unspecified atom stereocenters. The number of hydrogen-bond acceptors (Lipinski definition) is 5. The Balaban J connectivity index is 2.00. The van der Waals surface area contributed by atoms with Gasteiger partial charge in [-0.1, -0.05) is 6.92 Å². The SMILES string of the molecule is Cc1csc([C@@H](C)CNC(=O)c2cnc(C)[nH]c2=O)n1. The van der Waals surface area contributed by atoms with E-state index in [0.29, 0.717) is 12.4 Å². The molecule has 1 amide bonds. The van der Waals surface area contributed by atoms with Gasteiger partial charge in [-0.3, -0.25) is 9.59 Å². The van der Waals surface area contributed by atoms with E-state index >= 15 is 0 Å². The number of thiazole rings is 1. The van der Waals surface area contributed by atoms with E-state index in [9.17, 15) is 9.59 Å². The first-order chi connectivity index (χ1) is 9.47. The van der Waals surface area contributed by atoms with Crippen LogP contribution >= 0.6 is 11.3 Å². The molecule has 0 saturated carbocycles. The monoisotopic (exact) mass is 292 g/mol. The zero-order valence-corrected chi connectivity index (χ0v) is 12.4. The number of H-pyrrole nitrogens is 1. The van der Waals surface area contributed by atoms with Crippen LogP contribution in [0.15, 0.2) is 16.4 Å². The minimum atomic E-state index is -0.423. The topological polar surface area (TPSA) is 87.7 Å². The lowest BCUT2D eigenvalue weighted by molar-refractivity contribution is 0.0949. The molecule has 2 rings (SSSR count). The zero-order valence-electron chi connectivity index (χ0n) is 11.6. The third-order valence-corrected chi connectivity index (χ3v) is 3.99. The maximum Gasteiger partial charge on any atom is 0.263 e. The molecule has 20 heavy (non-hydrogen) atoms. The van der Waals surface area contributed by atoms with Crippen molar-refractivity contribution in [2.24, 2.45) is 0 Å². The highest BCUT2D eigenvalue weighted by atomic mass is 32.1. The minimum Gasteiger partial charge on any atom is -0.351 e. The number of carbonyl (C=O) groups excluding carboxylic acids is 1. The van der Waals surface area contributed by atoms with E-state index in [-0.39, 0.29) is 11.5 Å². The lowest BCUT2D eigenvalue weighted by atomic mass is 10.2. The van der Waals surface area contributed by atoms with E-state index in [0.717, 1.165) is 10.7 Å². The third-order valence-electron chi connectivity index (χ3n) is 2.80. The van der Waals surface area contributed by atoms with E-state index in [1.807, 2.05) is 19.2 Å². The van der Waals surface area contributed by atoms with Gasteiger partial charge in [0.05, 0.1) is 5.01 Å². The lowest BCUT2D eigenvalue weighted by Crippen LogP contribution is -2.32. The molecular formula is C13H16N4O2S. The maximum atomic E-state index is 11.9. The summed E-state index contributed by atoms with van der Waals surface area (Å²) in [6, 6.07) is 0. The van der Waals surface area contributed by atoms with Gasteiger partial charge in [-0.05, 0) is 13.8 Å². The molecule has 2 heterocycles. The highest BCUT2D eigenvalue weighted by Gasteiger charge is 2.14. The molecule has 2 aromatic heterocycles. The second-order valence-electron chi connectivity index (χ2n) is 4.65. The molecule has 0 saturated heterocycles. The fourth-order valence-electron chi connectivity index (χ4n) is 1.67. The standard InChI is InChI=1S/C13H16N4O2S/c1-7(13-16-8(2)6-20-13)4-15-11(18)10-5-14-9(3)17-12(10)19/h5-7H,4H2,1-3H3,(H,15,18)(H,14,17,19)/t7-/m0/s1. The van der Waals surface area contributed by atoms with Crippen molar-refractivity contribution in [1.29, 1.82) is 0 Å². The van der Waals surface area contributed by atoms with Crippen LogP contribution in [0.1, 0.15) is 39.7 Å². The quantitative estimate of drug-likeness (QED) is 0.891. The molecule has 0 fully saturated rings. The first-order valence-electron chi connectivity index (χ1n) is 6.23. The number of rotatable bonds is 4. The fraction of sp³-hybridized carbons (Fsp3) is 0.385. The Labute approximate surface area is 120 Å². The summed E-state index contributed by atoms with van der Waals surface area (Å²) < 4.78 is 0. The van der Waals surface area contributed by atoms with Gasteiger partial charge in [0, 0.05) is 29.7 Å². The Hall–Kier alpha value is -2.02. The van der Waals surface area contributed by atoms with Crippen LogP contribution in [0, 0.1) is 13.8 Å². The molecule has 0 bridgehead atoms. The Kier molecular flexibility index (Phi) is 4.29. The van der Waals surface area contributed by atoms with Gasteiger partial charge in [0.15, 0.2) is 0 Å². The summed E-state index contributed by atoms with van der Waals surface area (Å²) in [6.07, 6.45) is 1.29. The number of aromatic nitrogens is 3. The largest absolute Gasteiger partial charge is 0.351 e. The number of amides is 1. The van der Waals surface area contributed by atoms with Crippen molar-refractivity contribution in [3.05, 3.63) is 44.0 Å². The third kappa shape index (κ3) is 3.30. The van der Waals surface area contributed by atoms with Crippen molar-refractivity contribution < 1.29 is 4.79 Å². The van der Waals surface area contributed by atoms with E-state index in [2.05, 4.69) is 20.3 Å². The smallest absolute Gasteiger partial charge is 0.263 e. The van der Waals surface area contributed by atoms with Gasteiger partial charge in [-0.25, -0.2) is 9.97 Å². The minimum absolute atomic E-state index is 0.0260. The van der Waals surface area contributed by atoms with Gasteiger partial charge >= 0.3 is 0 Å². The summed E-state index contributed by atoms with van der Waals surface area (Å²) in [4.78, 5) is 34.4. The Morgan fingerprint density at radius 3 is 2.85 bits per heavy atom. The molecule has 106 valence electrons. The van der Waals surface area contributed by atoms with Crippen molar-refractivity contribution in [3.63, 3.8) is 0 Å². The molecule has 6 nitrogen and oxygen atoms in total. The summed E-state index contributed by atoms with van der Waals surface area (Å²) in [5.41, 5.74) is 0.577. The predicted octanol–water partition coefficient (Wildman–Crippen LogP) is 1.38. The molecule has 0 aromatic carbocycles. The summed E-state index contributed by atoms with van der Waals surface area (Å²) in [5, 5.41) is 5.68. The maximum absolute atomic E-state index is 11.9. The van der Waals surface area contributed by atoms with E-state index in [1.165, 1.54) is 6.20 Å². The molecule has 0 aliphatic carbocycles. The van der Waals surface area contributed by atoms with Gasteiger partial charge in [-0.15, -0.1) is 11.3 Å². The molecule has 0 spiro atoms. The molecule has 2 N–H and O–H groups in total. The number of hydrogen-bond donors (Lipinski definition) is 2. The van der Waals surface area contributed by atoms with Gasteiger partial charge in [0.25, 0.3) is 11.5 Å². The molecule has 1 atom stereocenters. The number of carbonyl (C=O) groups is 1. The Bertz CT molecular complexity index is 677. The van der Waals surface area contributed by atoms with Crippen LogP contribution in [-0.2, 0) is 0 Å². The van der Waals surface area contributed by atoms with Gasteiger partial charge in [0.1, 0.15) is 11.4 Å². The summed E-state index contributed by atoms with van der Waals surface area (Å²) in [7, 11) is 0. The molecule has 2 aromatic rings. The number of nitrogens with zero attached hydrogens (tertiary/aromatic N) is 2. The summed E-state index contributed by atoms with van der Waals surface area (Å²) in [6.45, 7) is 6.01. The lowest BCUT2D eigenvalue weighted by Gasteiger charge is -2.09. The van der Waals surface area contributed by atoms with Crippen LogP contribution in [0.5, 0.6) is 0 Å². The molecule has 0 radical (unpaired) electrons. The van der Waals surface area contributed by atoms with Crippen LogP contribution in [0.3, 0.4) is 0 Å². The normalized spacial score (nSPS) is 12.2. The Morgan fingerprint density at radius 2 is 2.25 bits per heavy atom. The van der Waals surface area contributed by atoms with Crippen molar-refractivity contribution in [2.45, 2.75) is 26.7 Å². The first kappa shape index (κ1) is 14.4. The summed E-state index contributed by atoms with van der Waals surface area (Å²) in [5.74, 6) is 0.173. The molecule has 0 aliphatic heterocycles. The van der Waals surface area contributed by atoms with E-state index in [1.54, 1.807) is 18.3 Å². The molecular weight excluding hydrogens is 276 g/mol. The first-order valence-corrected chi connectivity index (χ1v) is 7.11. The highest BCUT2D eigenvalue weighted by Crippen LogP contribution is 2.18. The second kappa shape index (κ2) is 5.96. The zero-order chi connectivity index (χ0) is 14.7. The van der Waals surface area contributed by atoms with E-state index < -0.39 is 11.5 Å². The summed E-state index contributed by atoms with van der Waals surface area (Å²) >= 11 is 1.57. The molecule has 0 aliphatic rings. The van der Waals surface area contributed by atoms with Crippen molar-refractivity contribution in [2.75, 3.05) is 6.54 Å². The van der Waals surface area contributed by atoms with Crippen LogP contribution in [0.25, 0.3) is 0 Å². The molecule has 7 heteroatoms. The number of aryl methyl sites for hydroxylation is 2. The number of aromatic amines is 1. The average molecular weight is 292 g/mol. The predicted molar refractivity (Wildman–Crippen MR) is 77.2 cm³/mol. The highest BCUT2D eigenvalue weighted by molar-refractivity contribution is 7.09. The van der Waals surface area contributed by atoms with Crippen LogP contribution < -0.4 is 10.9 Å². The van der Waals surface area contributed by atoms with Gasteiger partial charge in [-0.2, -0.15) is 0 Å². The van der Waals surface area contributed by atoms with Gasteiger partial charge < -0.3 is 10.3 Å². The van der Waals surface area contributed by atoms with Gasteiger partial charge in [0.2, 0.25) is 0 Å².